The molecule has 32 heavy (non-hydrogen) atoms. The number of hydrogen-bond donors (Lipinski definition) is 1. The molecule has 1 aliphatic rings. The third-order valence-electron chi connectivity index (χ3n) is 5.33. The highest BCUT2D eigenvalue weighted by Crippen LogP contribution is 2.32. The third kappa shape index (κ3) is 3.70. The van der Waals surface area contributed by atoms with Crippen LogP contribution >= 0.6 is 0 Å². The average Bonchev–Trinajstić information content (AvgIpc) is 3.06. The molecule has 5 rings (SSSR count). The lowest BCUT2D eigenvalue weighted by Crippen LogP contribution is -2.29. The molecule has 0 fully saturated rings. The van der Waals surface area contributed by atoms with E-state index in [4.69, 9.17) is 10.5 Å². The van der Waals surface area contributed by atoms with Gasteiger partial charge in [0.15, 0.2) is 0 Å². The third-order valence-corrected chi connectivity index (χ3v) is 5.33. The number of amides is 2. The van der Waals surface area contributed by atoms with Gasteiger partial charge in [-0.2, -0.15) is 0 Å². The molecule has 6 heteroatoms. The molecule has 2 N–H and O–H groups in total. The molecule has 0 bridgehead atoms. The Kier molecular flexibility index (Phi) is 4.88. The number of hydrogen-bond acceptors (Lipinski definition) is 5. The number of carbonyl (C=O) groups excluding carboxylic acids is 2. The molecule has 0 unspecified atom stereocenters. The normalized spacial score (nSPS) is 12.7. The van der Waals surface area contributed by atoms with Crippen LogP contribution in [0.25, 0.3) is 0 Å². The smallest absolute Gasteiger partial charge is 0.266 e. The van der Waals surface area contributed by atoms with Crippen molar-refractivity contribution < 1.29 is 14.3 Å². The Balaban J connectivity index is 1.36. The molecule has 4 aromatic rings. The van der Waals surface area contributed by atoms with Gasteiger partial charge in [-0.1, -0.05) is 12.1 Å². The number of fused-ring (bicyclic) bond motifs is 1. The van der Waals surface area contributed by atoms with Gasteiger partial charge in [-0.25, -0.2) is 4.90 Å². The lowest BCUT2D eigenvalue weighted by atomic mass is 10.1. The highest BCUT2D eigenvalue weighted by Gasteiger charge is 2.37. The SMILES string of the molecule is Nc1ccc(Oc2ccc3c(c2)C(=O)N(c2ccc(Cc4ccncc4)cc2)C3=O)cc1. The van der Waals surface area contributed by atoms with Gasteiger partial charge in [0.05, 0.1) is 16.8 Å². The minimum Gasteiger partial charge on any atom is -0.457 e. The first-order valence-corrected chi connectivity index (χ1v) is 10.1. The zero-order valence-corrected chi connectivity index (χ0v) is 17.1. The van der Waals surface area contributed by atoms with Crippen LogP contribution < -0.4 is 15.4 Å². The summed E-state index contributed by atoms with van der Waals surface area (Å²) in [6, 6.07) is 23.2. The van der Waals surface area contributed by atoms with Gasteiger partial charge in [-0.15, -0.1) is 0 Å². The number of rotatable bonds is 5. The molecule has 2 heterocycles. The minimum atomic E-state index is -0.366. The Labute approximate surface area is 184 Å². The number of nitrogens with zero attached hydrogens (tertiary/aromatic N) is 2. The maximum Gasteiger partial charge on any atom is 0.266 e. The summed E-state index contributed by atoms with van der Waals surface area (Å²) in [6.07, 6.45) is 4.26. The van der Waals surface area contributed by atoms with E-state index in [9.17, 15) is 9.59 Å². The van der Waals surface area contributed by atoms with Gasteiger partial charge in [0.2, 0.25) is 0 Å². The molecule has 0 saturated carbocycles. The predicted molar refractivity (Wildman–Crippen MR) is 122 cm³/mol. The molecule has 156 valence electrons. The number of ether oxygens (including phenoxy) is 1. The van der Waals surface area contributed by atoms with Gasteiger partial charge >= 0.3 is 0 Å². The Hall–Kier alpha value is -4.45. The minimum absolute atomic E-state index is 0.323. The van der Waals surface area contributed by atoms with E-state index in [0.717, 1.165) is 17.5 Å². The van der Waals surface area contributed by atoms with Crippen LogP contribution in [-0.2, 0) is 6.42 Å². The summed E-state index contributed by atoms with van der Waals surface area (Å²) < 4.78 is 5.81. The monoisotopic (exact) mass is 421 g/mol. The zero-order chi connectivity index (χ0) is 22.1. The number of anilines is 2. The van der Waals surface area contributed by atoms with E-state index in [1.54, 1.807) is 67.0 Å². The van der Waals surface area contributed by atoms with Crippen LogP contribution in [0.4, 0.5) is 11.4 Å². The number of nitrogens with two attached hydrogens (primary N) is 1. The molecular weight excluding hydrogens is 402 g/mol. The van der Waals surface area contributed by atoms with Crippen molar-refractivity contribution in [3.63, 3.8) is 0 Å². The Morgan fingerprint density at radius 3 is 2.06 bits per heavy atom. The first-order valence-electron chi connectivity index (χ1n) is 10.1. The highest BCUT2D eigenvalue weighted by molar-refractivity contribution is 6.34. The van der Waals surface area contributed by atoms with E-state index in [2.05, 4.69) is 4.98 Å². The fraction of sp³-hybridized carbons (Fsp3) is 0.0385. The van der Waals surface area contributed by atoms with Crippen LogP contribution in [0.5, 0.6) is 11.5 Å². The summed E-state index contributed by atoms with van der Waals surface area (Å²) >= 11 is 0. The predicted octanol–water partition coefficient (Wildman–Crippen LogP) is 4.85. The van der Waals surface area contributed by atoms with Gasteiger partial charge < -0.3 is 10.5 Å². The van der Waals surface area contributed by atoms with Gasteiger partial charge in [0.1, 0.15) is 11.5 Å². The molecule has 0 spiro atoms. The number of benzene rings is 3. The molecule has 0 atom stereocenters. The lowest BCUT2D eigenvalue weighted by molar-refractivity contribution is 0.0926. The van der Waals surface area contributed by atoms with Crippen molar-refractivity contribution in [2.24, 2.45) is 0 Å². The average molecular weight is 421 g/mol. The number of aromatic nitrogens is 1. The number of pyridine rings is 1. The van der Waals surface area contributed by atoms with Gasteiger partial charge in [0, 0.05) is 18.1 Å². The van der Waals surface area contributed by atoms with Crippen molar-refractivity contribution in [1.82, 2.24) is 4.98 Å². The summed E-state index contributed by atoms with van der Waals surface area (Å²) in [4.78, 5) is 31.2. The van der Waals surface area contributed by atoms with Crippen molar-refractivity contribution in [2.45, 2.75) is 6.42 Å². The van der Waals surface area contributed by atoms with E-state index in [1.165, 1.54) is 4.90 Å². The first kappa shape index (κ1) is 19.5. The summed E-state index contributed by atoms with van der Waals surface area (Å²) in [5.41, 5.74) is 9.78. The maximum absolute atomic E-state index is 13.1. The second kappa shape index (κ2) is 8.00. The fourth-order valence-corrected chi connectivity index (χ4v) is 3.69. The molecular formula is C26H19N3O3. The number of nitrogen functional groups attached to an aromatic ring is 1. The van der Waals surface area contributed by atoms with Crippen LogP contribution in [0.2, 0.25) is 0 Å². The second-order valence-corrected chi connectivity index (χ2v) is 7.52. The summed E-state index contributed by atoms with van der Waals surface area (Å²) in [5.74, 6) is 0.363. The Morgan fingerprint density at radius 1 is 0.719 bits per heavy atom. The number of carbonyl (C=O) groups is 2. The number of imide groups is 1. The van der Waals surface area contributed by atoms with Crippen LogP contribution in [0.1, 0.15) is 31.8 Å². The van der Waals surface area contributed by atoms with E-state index >= 15 is 0 Å². The molecule has 6 nitrogen and oxygen atoms in total. The quantitative estimate of drug-likeness (QED) is 0.368. The van der Waals surface area contributed by atoms with Crippen molar-refractivity contribution >= 4 is 23.2 Å². The summed E-state index contributed by atoms with van der Waals surface area (Å²) in [7, 11) is 0. The zero-order valence-electron chi connectivity index (χ0n) is 17.1. The van der Waals surface area contributed by atoms with E-state index in [-0.39, 0.29) is 11.8 Å². The van der Waals surface area contributed by atoms with Crippen molar-refractivity contribution in [1.29, 1.82) is 0 Å². The molecule has 1 aromatic heterocycles. The standard InChI is InChI=1S/C26H19N3O3/c27-19-3-7-21(8-4-19)32-22-9-10-23-24(16-22)26(31)29(25(23)30)20-5-1-17(2-6-20)15-18-11-13-28-14-12-18/h1-14,16H,15,27H2. The molecule has 0 saturated heterocycles. The molecule has 2 amide bonds. The van der Waals surface area contributed by atoms with Gasteiger partial charge in [-0.05, 0) is 84.3 Å². The van der Waals surface area contributed by atoms with Crippen LogP contribution in [-0.4, -0.2) is 16.8 Å². The van der Waals surface area contributed by atoms with Crippen molar-refractivity contribution in [3.8, 4) is 11.5 Å². The molecule has 3 aromatic carbocycles. The Bertz CT molecular complexity index is 1300. The Morgan fingerprint density at radius 2 is 1.34 bits per heavy atom. The fourth-order valence-electron chi connectivity index (χ4n) is 3.69. The molecule has 0 aliphatic carbocycles. The topological polar surface area (TPSA) is 85.5 Å². The van der Waals surface area contributed by atoms with E-state index in [0.29, 0.717) is 34.0 Å². The van der Waals surface area contributed by atoms with Crippen molar-refractivity contribution in [2.75, 3.05) is 10.6 Å². The van der Waals surface area contributed by atoms with Gasteiger partial charge in [-0.3, -0.25) is 14.6 Å². The first-order chi connectivity index (χ1) is 15.6. The van der Waals surface area contributed by atoms with Crippen LogP contribution in [0, 0.1) is 0 Å². The van der Waals surface area contributed by atoms with Gasteiger partial charge in [0.25, 0.3) is 11.8 Å². The summed E-state index contributed by atoms with van der Waals surface area (Å²) in [5, 5.41) is 0. The molecule has 1 aliphatic heterocycles. The molecule has 0 radical (unpaired) electrons. The lowest BCUT2D eigenvalue weighted by Gasteiger charge is -2.14. The largest absolute Gasteiger partial charge is 0.457 e. The highest BCUT2D eigenvalue weighted by atomic mass is 16.5. The maximum atomic E-state index is 13.1. The van der Waals surface area contributed by atoms with E-state index in [1.807, 2.05) is 24.3 Å². The summed E-state index contributed by atoms with van der Waals surface area (Å²) in [6.45, 7) is 0. The van der Waals surface area contributed by atoms with E-state index < -0.39 is 0 Å². The van der Waals surface area contributed by atoms with Crippen molar-refractivity contribution in [3.05, 3.63) is 114 Å². The van der Waals surface area contributed by atoms with Crippen LogP contribution in [0.15, 0.2) is 91.3 Å². The van der Waals surface area contributed by atoms with Crippen LogP contribution in [0.3, 0.4) is 0 Å². The second-order valence-electron chi connectivity index (χ2n) is 7.52.